The average molecular weight is 354 g/mol. The van der Waals surface area contributed by atoms with E-state index in [0.717, 1.165) is 5.56 Å². The summed E-state index contributed by atoms with van der Waals surface area (Å²) in [5.41, 5.74) is 0.511. The van der Waals surface area contributed by atoms with Gasteiger partial charge in [0.2, 0.25) is 5.43 Å². The van der Waals surface area contributed by atoms with Crippen molar-refractivity contribution >= 4 is 5.91 Å². The van der Waals surface area contributed by atoms with E-state index < -0.39 is 17.1 Å². The molecule has 4 rings (SSSR count). The van der Waals surface area contributed by atoms with Gasteiger partial charge in [0.1, 0.15) is 11.6 Å². The van der Waals surface area contributed by atoms with Crippen molar-refractivity contribution < 1.29 is 18.7 Å². The van der Waals surface area contributed by atoms with Crippen LogP contribution < -0.4 is 5.43 Å². The smallest absolute Gasteiger partial charge is 0.274 e. The maximum absolute atomic E-state index is 13.1. The lowest BCUT2D eigenvalue weighted by Gasteiger charge is -2.31. The second-order valence-corrected chi connectivity index (χ2v) is 6.07. The van der Waals surface area contributed by atoms with Crippen LogP contribution in [0.15, 0.2) is 57.9 Å². The predicted molar refractivity (Wildman–Crippen MR) is 91.2 cm³/mol. The Balaban J connectivity index is 1.74. The summed E-state index contributed by atoms with van der Waals surface area (Å²) < 4.78 is 20.0. The number of amides is 1. The van der Waals surface area contributed by atoms with E-state index >= 15 is 0 Å². The van der Waals surface area contributed by atoms with Crippen LogP contribution in [0.1, 0.15) is 16.1 Å². The van der Waals surface area contributed by atoms with Crippen LogP contribution in [0.3, 0.4) is 0 Å². The van der Waals surface area contributed by atoms with Gasteiger partial charge in [-0.25, -0.2) is 4.39 Å². The Bertz CT molecular complexity index is 1020. The summed E-state index contributed by atoms with van der Waals surface area (Å²) in [6, 6.07) is 10.5. The lowest BCUT2D eigenvalue weighted by atomic mass is 10.1. The van der Waals surface area contributed by atoms with Gasteiger partial charge in [-0.3, -0.25) is 9.59 Å². The van der Waals surface area contributed by atoms with Gasteiger partial charge in [-0.15, -0.1) is 0 Å². The lowest BCUT2D eigenvalue weighted by molar-refractivity contribution is 0.0684. The van der Waals surface area contributed by atoms with Crippen molar-refractivity contribution in [1.29, 1.82) is 0 Å². The molecule has 26 heavy (non-hydrogen) atoms. The molecule has 2 aromatic heterocycles. The summed E-state index contributed by atoms with van der Waals surface area (Å²) >= 11 is 0. The molecule has 0 bridgehead atoms. The number of aromatic hydroxyl groups is 1. The van der Waals surface area contributed by atoms with Gasteiger partial charge in [0, 0.05) is 25.7 Å². The molecule has 0 saturated carbocycles. The van der Waals surface area contributed by atoms with Crippen LogP contribution in [-0.2, 0) is 13.1 Å². The molecule has 1 N–H and O–H groups in total. The molecule has 0 saturated heterocycles. The maximum Gasteiger partial charge on any atom is 0.274 e. The van der Waals surface area contributed by atoms with Crippen LogP contribution in [0.2, 0.25) is 0 Å². The van der Waals surface area contributed by atoms with Gasteiger partial charge in [0.15, 0.2) is 11.4 Å². The summed E-state index contributed by atoms with van der Waals surface area (Å²) in [4.78, 5) is 26.5. The number of carbonyl (C=O) groups excluding carboxylic acids is 1. The summed E-state index contributed by atoms with van der Waals surface area (Å²) in [6.07, 6.45) is 1.48. The number of aromatic nitrogens is 1. The third-order valence-corrected chi connectivity index (χ3v) is 4.43. The van der Waals surface area contributed by atoms with Crippen LogP contribution >= 0.6 is 0 Å². The molecule has 1 aliphatic heterocycles. The molecule has 3 heterocycles. The van der Waals surface area contributed by atoms with Gasteiger partial charge in [0.05, 0.1) is 12.0 Å². The minimum absolute atomic E-state index is 0.0581. The highest BCUT2D eigenvalue weighted by Gasteiger charge is 2.30. The molecule has 6 nitrogen and oxygen atoms in total. The Hall–Kier alpha value is -3.35. The molecule has 0 spiro atoms. The second-order valence-electron chi connectivity index (χ2n) is 6.07. The topological polar surface area (TPSA) is 75.7 Å². The van der Waals surface area contributed by atoms with Crippen molar-refractivity contribution in [1.82, 2.24) is 9.47 Å². The molecule has 3 aromatic rings. The van der Waals surface area contributed by atoms with Crippen molar-refractivity contribution in [3.05, 3.63) is 76.0 Å². The Morgan fingerprint density at radius 3 is 2.58 bits per heavy atom. The largest absolute Gasteiger partial charge is 0.503 e. The molecule has 1 aliphatic rings. The number of hydrogen-bond donors (Lipinski definition) is 1. The fourth-order valence-electron chi connectivity index (χ4n) is 3.15. The normalized spacial score (nSPS) is 13.7. The van der Waals surface area contributed by atoms with Crippen molar-refractivity contribution in [3.63, 3.8) is 0 Å². The molecule has 0 atom stereocenters. The Morgan fingerprint density at radius 2 is 1.88 bits per heavy atom. The number of rotatable bonds is 3. The SMILES string of the molecule is O=C1c2c(O)c(=O)cc(-c3ccco3)n2CCN1Cc1ccc(F)cc1. The number of fused-ring (bicyclic) bond motifs is 1. The number of furan rings is 1. The third-order valence-electron chi connectivity index (χ3n) is 4.43. The van der Waals surface area contributed by atoms with Crippen molar-refractivity contribution in [3.8, 4) is 17.2 Å². The van der Waals surface area contributed by atoms with Crippen LogP contribution in [0.5, 0.6) is 5.75 Å². The highest BCUT2D eigenvalue weighted by molar-refractivity contribution is 5.96. The Morgan fingerprint density at radius 1 is 1.12 bits per heavy atom. The minimum atomic E-state index is -0.639. The molecule has 1 amide bonds. The van der Waals surface area contributed by atoms with E-state index in [2.05, 4.69) is 0 Å². The average Bonchev–Trinajstić information content (AvgIpc) is 3.16. The highest BCUT2D eigenvalue weighted by Crippen LogP contribution is 2.28. The molecule has 1 aromatic carbocycles. The Labute approximate surface area is 147 Å². The quantitative estimate of drug-likeness (QED) is 0.784. The summed E-state index contributed by atoms with van der Waals surface area (Å²) in [7, 11) is 0. The minimum Gasteiger partial charge on any atom is -0.503 e. The van der Waals surface area contributed by atoms with E-state index in [0.29, 0.717) is 24.5 Å². The molecule has 7 heteroatoms. The maximum atomic E-state index is 13.1. The first kappa shape index (κ1) is 16.1. The van der Waals surface area contributed by atoms with Crippen LogP contribution in [0, 0.1) is 5.82 Å². The van der Waals surface area contributed by atoms with E-state index in [1.165, 1.54) is 29.4 Å². The molecule has 0 unspecified atom stereocenters. The number of pyridine rings is 1. The van der Waals surface area contributed by atoms with Gasteiger partial charge < -0.3 is 19.0 Å². The number of benzene rings is 1. The van der Waals surface area contributed by atoms with Crippen LogP contribution in [0.4, 0.5) is 4.39 Å². The second kappa shape index (κ2) is 6.18. The first-order chi connectivity index (χ1) is 12.5. The van der Waals surface area contributed by atoms with Crippen LogP contribution in [0.25, 0.3) is 11.5 Å². The molecule has 132 valence electrons. The lowest BCUT2D eigenvalue weighted by Crippen LogP contribution is -2.41. The number of hydrogen-bond acceptors (Lipinski definition) is 4. The van der Waals surface area contributed by atoms with E-state index in [4.69, 9.17) is 4.42 Å². The zero-order chi connectivity index (χ0) is 18.3. The number of carbonyl (C=O) groups is 1. The zero-order valence-corrected chi connectivity index (χ0v) is 13.7. The predicted octanol–water partition coefficient (Wildman–Crippen LogP) is 2.61. The fraction of sp³-hybridized carbons (Fsp3) is 0.158. The summed E-state index contributed by atoms with van der Waals surface area (Å²) in [6.45, 7) is 1.04. The first-order valence-corrected chi connectivity index (χ1v) is 8.09. The van der Waals surface area contributed by atoms with Gasteiger partial charge in [-0.1, -0.05) is 12.1 Å². The molecule has 0 aliphatic carbocycles. The Kier molecular flexibility index (Phi) is 3.84. The standard InChI is InChI=1S/C19H15FN2O4/c20-13-5-3-12(4-6-13)11-21-7-8-22-14(16-2-1-9-26-16)10-15(23)18(24)17(22)19(21)25/h1-6,9-10,24H,7-8,11H2. The zero-order valence-electron chi connectivity index (χ0n) is 13.7. The summed E-state index contributed by atoms with van der Waals surface area (Å²) in [5.74, 6) is -0.933. The highest BCUT2D eigenvalue weighted by atomic mass is 19.1. The van der Waals surface area contributed by atoms with Gasteiger partial charge in [0.25, 0.3) is 5.91 Å². The van der Waals surface area contributed by atoms with E-state index in [1.807, 2.05) is 0 Å². The van der Waals surface area contributed by atoms with Crippen LogP contribution in [-0.4, -0.2) is 27.0 Å². The van der Waals surface area contributed by atoms with Crippen molar-refractivity contribution in [2.45, 2.75) is 13.1 Å². The number of halogens is 1. The van der Waals surface area contributed by atoms with Crippen molar-refractivity contribution in [2.75, 3.05) is 6.54 Å². The van der Waals surface area contributed by atoms with E-state index in [1.54, 1.807) is 28.8 Å². The summed E-state index contributed by atoms with van der Waals surface area (Å²) in [5, 5.41) is 10.2. The fourth-order valence-corrected chi connectivity index (χ4v) is 3.15. The molecule has 0 radical (unpaired) electrons. The van der Waals surface area contributed by atoms with Gasteiger partial charge in [-0.2, -0.15) is 0 Å². The monoisotopic (exact) mass is 354 g/mol. The van der Waals surface area contributed by atoms with Gasteiger partial charge >= 0.3 is 0 Å². The van der Waals surface area contributed by atoms with E-state index in [-0.39, 0.29) is 18.1 Å². The first-order valence-electron chi connectivity index (χ1n) is 8.09. The molecular weight excluding hydrogens is 339 g/mol. The molecular formula is C19H15FN2O4. The van der Waals surface area contributed by atoms with Crippen molar-refractivity contribution in [2.24, 2.45) is 0 Å². The van der Waals surface area contributed by atoms with Gasteiger partial charge in [-0.05, 0) is 29.8 Å². The molecule has 0 fully saturated rings. The van der Waals surface area contributed by atoms with E-state index in [9.17, 15) is 19.1 Å². The third kappa shape index (κ3) is 2.67. The number of nitrogens with zero attached hydrogens (tertiary/aromatic N) is 2.